The maximum atomic E-state index is 13.4. The third kappa shape index (κ3) is 4.97. The Balaban J connectivity index is 1.53. The molecule has 11 heteroatoms. The van der Waals surface area contributed by atoms with Gasteiger partial charge < -0.3 is 14.5 Å². The predicted molar refractivity (Wildman–Crippen MR) is 120 cm³/mol. The van der Waals surface area contributed by atoms with E-state index in [2.05, 4.69) is 15.1 Å². The zero-order valence-corrected chi connectivity index (χ0v) is 19.1. The number of nitrogens with zero attached hydrogens (tertiary/aromatic N) is 6. The van der Waals surface area contributed by atoms with Crippen molar-refractivity contribution in [1.82, 2.24) is 24.6 Å². The van der Waals surface area contributed by atoms with Crippen LogP contribution in [0.1, 0.15) is 17.0 Å². The summed E-state index contributed by atoms with van der Waals surface area (Å²) in [6, 6.07) is 5.70. The molecule has 0 atom stereocenters. The Bertz CT molecular complexity index is 1170. The number of hydrogen-bond donors (Lipinski definition) is 0. The number of benzene rings is 1. The van der Waals surface area contributed by atoms with Crippen molar-refractivity contribution in [2.45, 2.75) is 26.6 Å². The molecule has 1 aliphatic heterocycles. The summed E-state index contributed by atoms with van der Waals surface area (Å²) < 4.78 is 46.9. The van der Waals surface area contributed by atoms with E-state index in [0.29, 0.717) is 43.0 Å². The molecule has 1 saturated heterocycles. The Hall–Kier alpha value is -3.63. The van der Waals surface area contributed by atoms with E-state index < -0.39 is 11.7 Å². The molecule has 0 radical (unpaired) electrons. The van der Waals surface area contributed by atoms with Gasteiger partial charge in [-0.3, -0.25) is 9.48 Å². The van der Waals surface area contributed by atoms with Crippen LogP contribution in [0.4, 0.5) is 18.9 Å². The van der Waals surface area contributed by atoms with Gasteiger partial charge in [-0.25, -0.2) is 9.97 Å². The molecule has 1 aliphatic rings. The molecule has 0 N–H and O–H groups in total. The van der Waals surface area contributed by atoms with Crippen LogP contribution in [-0.2, 0) is 17.5 Å². The number of methoxy groups -OCH3 is 1. The fourth-order valence-corrected chi connectivity index (χ4v) is 4.04. The molecule has 1 fully saturated rings. The maximum Gasteiger partial charge on any atom is 0.416 e. The van der Waals surface area contributed by atoms with Gasteiger partial charge in [0.25, 0.3) is 0 Å². The van der Waals surface area contributed by atoms with Gasteiger partial charge in [0.1, 0.15) is 6.54 Å². The Morgan fingerprint density at radius 1 is 1.06 bits per heavy atom. The predicted octanol–water partition coefficient (Wildman–Crippen LogP) is 3.33. The lowest BCUT2D eigenvalue weighted by Gasteiger charge is -2.37. The highest BCUT2D eigenvalue weighted by molar-refractivity contribution is 5.80. The van der Waals surface area contributed by atoms with E-state index in [-0.39, 0.29) is 18.5 Å². The van der Waals surface area contributed by atoms with Crippen molar-refractivity contribution in [3.8, 4) is 17.1 Å². The van der Waals surface area contributed by atoms with Gasteiger partial charge in [-0.2, -0.15) is 18.3 Å². The van der Waals surface area contributed by atoms with Gasteiger partial charge in [0.05, 0.1) is 18.4 Å². The molecular weight excluding hydrogens is 449 g/mol. The van der Waals surface area contributed by atoms with Crippen molar-refractivity contribution in [1.29, 1.82) is 0 Å². The van der Waals surface area contributed by atoms with Gasteiger partial charge in [0.2, 0.25) is 5.91 Å². The third-order valence-corrected chi connectivity index (χ3v) is 5.81. The summed E-state index contributed by atoms with van der Waals surface area (Å²) in [4.78, 5) is 24.6. The Kier molecular flexibility index (Phi) is 6.45. The van der Waals surface area contributed by atoms with Crippen molar-refractivity contribution in [3.63, 3.8) is 0 Å². The minimum absolute atomic E-state index is 0.0398. The van der Waals surface area contributed by atoms with Gasteiger partial charge in [-0.1, -0.05) is 0 Å². The van der Waals surface area contributed by atoms with Crippen LogP contribution >= 0.6 is 0 Å². The van der Waals surface area contributed by atoms with Crippen molar-refractivity contribution in [3.05, 3.63) is 53.6 Å². The number of halogens is 3. The standard InChI is InChI=1S/C23H25F3N6O2/c1-15-10-16(2)32(29-15)14-21(33)31-8-6-30(7-9-31)20-5-4-18(23(24,25)26)11-19(20)17-12-27-22(34-3)28-13-17/h4-5,10-13H,6-9,14H2,1-3H3. The van der Waals surface area contributed by atoms with Crippen LogP contribution in [0.5, 0.6) is 6.01 Å². The summed E-state index contributed by atoms with van der Waals surface area (Å²) in [6.45, 7) is 5.82. The molecular formula is C23H25F3N6O2. The lowest BCUT2D eigenvalue weighted by molar-refractivity contribution is -0.137. The molecule has 1 aromatic carbocycles. The van der Waals surface area contributed by atoms with E-state index in [9.17, 15) is 18.0 Å². The number of carbonyl (C=O) groups is 1. The fraction of sp³-hybridized carbons (Fsp3) is 0.391. The van der Waals surface area contributed by atoms with Crippen molar-refractivity contribution < 1.29 is 22.7 Å². The molecule has 2 aromatic heterocycles. The number of aryl methyl sites for hydroxylation is 2. The van der Waals surface area contributed by atoms with Crippen molar-refractivity contribution in [2.75, 3.05) is 38.2 Å². The van der Waals surface area contributed by atoms with Crippen LogP contribution in [-0.4, -0.2) is 63.8 Å². The van der Waals surface area contributed by atoms with E-state index >= 15 is 0 Å². The van der Waals surface area contributed by atoms with Crippen LogP contribution < -0.4 is 9.64 Å². The number of ether oxygens (including phenoxy) is 1. The van der Waals surface area contributed by atoms with Crippen LogP contribution in [0.25, 0.3) is 11.1 Å². The smallest absolute Gasteiger partial charge is 0.416 e. The van der Waals surface area contributed by atoms with E-state index in [0.717, 1.165) is 23.5 Å². The molecule has 3 aromatic rings. The number of alkyl halides is 3. The second-order valence-electron chi connectivity index (χ2n) is 8.14. The highest BCUT2D eigenvalue weighted by Gasteiger charge is 2.32. The zero-order valence-electron chi connectivity index (χ0n) is 19.1. The molecule has 4 rings (SSSR count). The Morgan fingerprint density at radius 3 is 2.29 bits per heavy atom. The lowest BCUT2D eigenvalue weighted by Crippen LogP contribution is -2.49. The molecule has 0 bridgehead atoms. The van der Waals surface area contributed by atoms with Gasteiger partial charge in [-0.15, -0.1) is 0 Å². The van der Waals surface area contributed by atoms with Gasteiger partial charge in [-0.05, 0) is 38.1 Å². The maximum absolute atomic E-state index is 13.4. The number of rotatable bonds is 5. The topological polar surface area (TPSA) is 76.4 Å². The summed E-state index contributed by atoms with van der Waals surface area (Å²) in [5, 5.41) is 4.34. The summed E-state index contributed by atoms with van der Waals surface area (Å²) in [6.07, 6.45) is -1.59. The molecule has 0 spiro atoms. The molecule has 8 nitrogen and oxygen atoms in total. The summed E-state index contributed by atoms with van der Waals surface area (Å²) in [5.74, 6) is -0.0398. The molecule has 0 saturated carbocycles. The average Bonchev–Trinajstić information content (AvgIpc) is 3.14. The third-order valence-electron chi connectivity index (χ3n) is 5.81. The Morgan fingerprint density at radius 2 is 1.74 bits per heavy atom. The second kappa shape index (κ2) is 9.32. The minimum atomic E-state index is -4.48. The number of carbonyl (C=O) groups excluding carboxylic acids is 1. The number of aromatic nitrogens is 4. The normalized spacial score (nSPS) is 14.4. The van der Waals surface area contributed by atoms with E-state index in [1.54, 1.807) is 9.58 Å². The summed E-state index contributed by atoms with van der Waals surface area (Å²) >= 11 is 0. The first-order chi connectivity index (χ1) is 16.2. The molecule has 1 amide bonds. The highest BCUT2D eigenvalue weighted by atomic mass is 19.4. The van der Waals surface area contributed by atoms with Gasteiger partial charge >= 0.3 is 12.2 Å². The monoisotopic (exact) mass is 474 g/mol. The SMILES string of the molecule is COc1ncc(-c2cc(C(F)(F)F)ccc2N2CCN(C(=O)Cn3nc(C)cc3C)CC2)cn1. The fourth-order valence-electron chi connectivity index (χ4n) is 4.04. The lowest BCUT2D eigenvalue weighted by atomic mass is 10.0. The number of hydrogen-bond acceptors (Lipinski definition) is 6. The number of amides is 1. The number of piperazine rings is 1. The highest BCUT2D eigenvalue weighted by Crippen LogP contribution is 2.37. The Labute approximate surface area is 195 Å². The summed E-state index contributed by atoms with van der Waals surface area (Å²) in [5.41, 5.74) is 2.48. The van der Waals surface area contributed by atoms with Crippen LogP contribution in [0.15, 0.2) is 36.7 Å². The first-order valence-corrected chi connectivity index (χ1v) is 10.8. The molecule has 3 heterocycles. The molecule has 34 heavy (non-hydrogen) atoms. The molecule has 180 valence electrons. The van der Waals surface area contributed by atoms with Crippen LogP contribution in [0, 0.1) is 13.8 Å². The van der Waals surface area contributed by atoms with E-state index in [1.807, 2.05) is 24.8 Å². The van der Waals surface area contributed by atoms with Crippen LogP contribution in [0.3, 0.4) is 0 Å². The van der Waals surface area contributed by atoms with E-state index in [4.69, 9.17) is 4.74 Å². The van der Waals surface area contributed by atoms with E-state index in [1.165, 1.54) is 25.6 Å². The van der Waals surface area contributed by atoms with Gasteiger partial charge in [0.15, 0.2) is 0 Å². The first kappa shape index (κ1) is 23.5. The first-order valence-electron chi connectivity index (χ1n) is 10.8. The summed E-state index contributed by atoms with van der Waals surface area (Å²) in [7, 11) is 1.42. The number of anilines is 1. The minimum Gasteiger partial charge on any atom is -0.467 e. The van der Waals surface area contributed by atoms with Crippen LogP contribution in [0.2, 0.25) is 0 Å². The zero-order chi connectivity index (χ0) is 24.5. The quantitative estimate of drug-likeness (QED) is 0.565. The second-order valence-corrected chi connectivity index (χ2v) is 8.14. The molecule has 0 aliphatic carbocycles. The average molecular weight is 474 g/mol. The molecule has 0 unspecified atom stereocenters. The van der Waals surface area contributed by atoms with Crippen molar-refractivity contribution >= 4 is 11.6 Å². The van der Waals surface area contributed by atoms with Crippen molar-refractivity contribution in [2.24, 2.45) is 0 Å². The largest absolute Gasteiger partial charge is 0.467 e. The van der Waals surface area contributed by atoms with Gasteiger partial charge in [0, 0.05) is 61.1 Å².